The van der Waals surface area contributed by atoms with Gasteiger partial charge in [-0.3, -0.25) is 0 Å². The summed E-state index contributed by atoms with van der Waals surface area (Å²) in [5.41, 5.74) is 7.76. The summed E-state index contributed by atoms with van der Waals surface area (Å²) in [4.78, 5) is 0. The Morgan fingerprint density at radius 3 is 2.62 bits per heavy atom. The van der Waals surface area contributed by atoms with Gasteiger partial charge < -0.3 is 11.1 Å². The van der Waals surface area contributed by atoms with Crippen molar-refractivity contribution in [3.05, 3.63) is 53.3 Å². The van der Waals surface area contributed by atoms with Gasteiger partial charge in [0.05, 0.1) is 10.7 Å². The lowest BCUT2D eigenvalue weighted by Crippen LogP contribution is -1.93. The highest BCUT2D eigenvalue weighted by molar-refractivity contribution is 6.33. The highest BCUT2D eigenvalue weighted by Gasteiger charge is 2.02. The van der Waals surface area contributed by atoms with E-state index in [0.29, 0.717) is 16.4 Å². The van der Waals surface area contributed by atoms with E-state index in [1.807, 2.05) is 12.1 Å². The van der Waals surface area contributed by atoms with E-state index in [0.717, 1.165) is 5.69 Å². The molecule has 0 spiro atoms. The van der Waals surface area contributed by atoms with Crippen molar-refractivity contribution in [2.75, 3.05) is 11.1 Å². The van der Waals surface area contributed by atoms with Crippen LogP contribution in [-0.4, -0.2) is 0 Å². The third-order valence-corrected chi connectivity index (χ3v) is 2.41. The van der Waals surface area contributed by atoms with Gasteiger partial charge in [-0.1, -0.05) is 17.7 Å². The molecule has 0 bridgehead atoms. The lowest BCUT2D eigenvalue weighted by Gasteiger charge is -2.08. The molecule has 0 atom stereocenters. The maximum atomic E-state index is 12.8. The van der Waals surface area contributed by atoms with Crippen molar-refractivity contribution in [2.24, 2.45) is 0 Å². The van der Waals surface area contributed by atoms with Crippen molar-refractivity contribution in [1.29, 1.82) is 0 Å². The summed E-state index contributed by atoms with van der Waals surface area (Å²) in [6.07, 6.45) is 0. The molecule has 0 aliphatic carbocycles. The molecule has 0 unspecified atom stereocenters. The third-order valence-electron chi connectivity index (χ3n) is 2.10. The van der Waals surface area contributed by atoms with E-state index in [1.54, 1.807) is 18.2 Å². The van der Waals surface area contributed by atoms with Crippen LogP contribution in [-0.2, 0) is 0 Å². The second-order valence-electron chi connectivity index (χ2n) is 3.37. The summed E-state index contributed by atoms with van der Waals surface area (Å²) in [6, 6.07) is 11.4. The Morgan fingerprint density at radius 1 is 1.12 bits per heavy atom. The molecule has 82 valence electrons. The molecule has 0 aliphatic rings. The molecule has 2 aromatic rings. The van der Waals surface area contributed by atoms with Gasteiger partial charge in [0.25, 0.3) is 0 Å². The standard InChI is InChI=1S/C12H10ClFN2/c13-11-6-8(14)4-5-12(11)16-10-3-1-2-9(15)7-10/h1-7,16H,15H2. The van der Waals surface area contributed by atoms with Gasteiger partial charge >= 0.3 is 0 Å². The van der Waals surface area contributed by atoms with Gasteiger partial charge in [-0.05, 0) is 36.4 Å². The molecular formula is C12H10ClFN2. The fraction of sp³-hybridized carbons (Fsp3) is 0. The van der Waals surface area contributed by atoms with Gasteiger partial charge in [-0.25, -0.2) is 4.39 Å². The Balaban J connectivity index is 2.27. The molecule has 0 aromatic heterocycles. The zero-order valence-corrected chi connectivity index (χ0v) is 9.13. The maximum absolute atomic E-state index is 12.8. The SMILES string of the molecule is Nc1cccc(Nc2ccc(F)cc2Cl)c1. The van der Waals surface area contributed by atoms with Crippen molar-refractivity contribution in [2.45, 2.75) is 0 Å². The lowest BCUT2D eigenvalue weighted by atomic mass is 10.2. The molecule has 0 fully saturated rings. The second kappa shape index (κ2) is 4.41. The summed E-state index contributed by atoms with van der Waals surface area (Å²) in [5, 5.41) is 3.40. The molecule has 0 saturated heterocycles. The monoisotopic (exact) mass is 236 g/mol. The predicted octanol–water partition coefficient (Wildman–Crippen LogP) is 3.80. The number of anilines is 3. The smallest absolute Gasteiger partial charge is 0.124 e. The summed E-state index contributed by atoms with van der Waals surface area (Å²) < 4.78 is 12.8. The number of nitrogens with one attached hydrogen (secondary N) is 1. The molecule has 0 heterocycles. The number of hydrogen-bond donors (Lipinski definition) is 2. The van der Waals surface area contributed by atoms with E-state index < -0.39 is 0 Å². The number of benzene rings is 2. The van der Waals surface area contributed by atoms with Crippen molar-refractivity contribution < 1.29 is 4.39 Å². The molecule has 16 heavy (non-hydrogen) atoms. The maximum Gasteiger partial charge on any atom is 0.124 e. The largest absolute Gasteiger partial charge is 0.399 e. The Kier molecular flexibility index (Phi) is 2.97. The Morgan fingerprint density at radius 2 is 1.94 bits per heavy atom. The molecule has 0 radical (unpaired) electrons. The normalized spacial score (nSPS) is 10.1. The number of hydrogen-bond acceptors (Lipinski definition) is 2. The van der Waals surface area contributed by atoms with Crippen LogP contribution in [0.4, 0.5) is 21.5 Å². The fourth-order valence-corrected chi connectivity index (χ4v) is 1.58. The van der Waals surface area contributed by atoms with E-state index >= 15 is 0 Å². The average Bonchev–Trinajstić information content (AvgIpc) is 2.22. The molecule has 2 aromatic carbocycles. The first kappa shape index (κ1) is 10.8. The van der Waals surface area contributed by atoms with Crippen LogP contribution in [0.3, 0.4) is 0 Å². The highest BCUT2D eigenvalue weighted by Crippen LogP contribution is 2.26. The van der Waals surface area contributed by atoms with Gasteiger partial charge in [0.15, 0.2) is 0 Å². The minimum absolute atomic E-state index is 0.336. The summed E-state index contributed by atoms with van der Waals surface area (Å²) in [5.74, 6) is -0.358. The Labute approximate surface area is 97.8 Å². The minimum atomic E-state index is -0.358. The molecule has 2 rings (SSSR count). The quantitative estimate of drug-likeness (QED) is 0.779. The van der Waals surface area contributed by atoms with Crippen LogP contribution in [0, 0.1) is 5.82 Å². The van der Waals surface area contributed by atoms with Crippen LogP contribution >= 0.6 is 11.6 Å². The van der Waals surface area contributed by atoms with Gasteiger partial charge in [-0.15, -0.1) is 0 Å². The predicted molar refractivity (Wildman–Crippen MR) is 65.5 cm³/mol. The summed E-state index contributed by atoms with van der Waals surface area (Å²) >= 11 is 5.89. The molecular weight excluding hydrogens is 227 g/mol. The fourth-order valence-electron chi connectivity index (χ4n) is 1.36. The van der Waals surface area contributed by atoms with E-state index in [9.17, 15) is 4.39 Å². The minimum Gasteiger partial charge on any atom is -0.399 e. The van der Waals surface area contributed by atoms with Gasteiger partial charge in [0.2, 0.25) is 0 Å². The third kappa shape index (κ3) is 2.44. The van der Waals surface area contributed by atoms with Crippen LogP contribution in [0.2, 0.25) is 5.02 Å². The van der Waals surface area contributed by atoms with Crippen LogP contribution in [0.5, 0.6) is 0 Å². The van der Waals surface area contributed by atoms with E-state index in [-0.39, 0.29) is 5.82 Å². The zero-order valence-electron chi connectivity index (χ0n) is 8.37. The van der Waals surface area contributed by atoms with Crippen molar-refractivity contribution in [1.82, 2.24) is 0 Å². The average molecular weight is 237 g/mol. The van der Waals surface area contributed by atoms with Crippen LogP contribution in [0.1, 0.15) is 0 Å². The molecule has 0 saturated carbocycles. The van der Waals surface area contributed by atoms with Gasteiger partial charge in [0, 0.05) is 11.4 Å². The molecule has 3 N–H and O–H groups in total. The topological polar surface area (TPSA) is 38.0 Å². The lowest BCUT2D eigenvalue weighted by molar-refractivity contribution is 0.628. The Bertz CT molecular complexity index is 514. The summed E-state index contributed by atoms with van der Waals surface area (Å²) in [6.45, 7) is 0. The van der Waals surface area contributed by atoms with Crippen molar-refractivity contribution in [3.63, 3.8) is 0 Å². The number of halogens is 2. The van der Waals surface area contributed by atoms with Crippen LogP contribution in [0.15, 0.2) is 42.5 Å². The van der Waals surface area contributed by atoms with Gasteiger partial charge in [0.1, 0.15) is 5.82 Å². The van der Waals surface area contributed by atoms with Crippen LogP contribution < -0.4 is 11.1 Å². The molecule has 2 nitrogen and oxygen atoms in total. The second-order valence-corrected chi connectivity index (χ2v) is 3.78. The molecule has 0 amide bonds. The number of nitrogens with two attached hydrogens (primary N) is 1. The first-order chi connectivity index (χ1) is 7.65. The van der Waals surface area contributed by atoms with Gasteiger partial charge in [-0.2, -0.15) is 0 Å². The van der Waals surface area contributed by atoms with Crippen molar-refractivity contribution >= 4 is 28.7 Å². The van der Waals surface area contributed by atoms with Crippen molar-refractivity contribution in [3.8, 4) is 0 Å². The summed E-state index contributed by atoms with van der Waals surface area (Å²) in [7, 11) is 0. The van der Waals surface area contributed by atoms with E-state index in [1.165, 1.54) is 12.1 Å². The Hall–Kier alpha value is -1.74. The zero-order chi connectivity index (χ0) is 11.5. The number of rotatable bonds is 2. The number of nitrogen functional groups attached to an aromatic ring is 1. The highest BCUT2D eigenvalue weighted by atomic mass is 35.5. The molecule has 0 aliphatic heterocycles. The molecule has 4 heteroatoms. The van der Waals surface area contributed by atoms with Crippen LogP contribution in [0.25, 0.3) is 0 Å². The van der Waals surface area contributed by atoms with E-state index in [2.05, 4.69) is 5.32 Å². The first-order valence-corrected chi connectivity index (χ1v) is 5.10. The van der Waals surface area contributed by atoms with E-state index in [4.69, 9.17) is 17.3 Å². The first-order valence-electron chi connectivity index (χ1n) is 4.73.